The average molecular weight is 576 g/mol. The second-order valence-electron chi connectivity index (χ2n) is 9.70. The number of carbonyl (C=O) groups is 3. The summed E-state index contributed by atoms with van der Waals surface area (Å²) in [6, 6.07) is 12.4. The highest BCUT2D eigenvalue weighted by atomic mass is 35.5. The van der Waals surface area contributed by atoms with Crippen LogP contribution in [-0.4, -0.2) is 55.5 Å². The Labute approximate surface area is 231 Å². The van der Waals surface area contributed by atoms with Gasteiger partial charge in [0.25, 0.3) is 21.8 Å². The zero-order valence-corrected chi connectivity index (χ0v) is 23.5. The maximum absolute atomic E-state index is 14.1. The molecule has 1 aromatic heterocycles. The average Bonchev–Trinajstić information content (AvgIpc) is 3.21. The number of Topliss-reactive ketones (excluding diaryl/α,β-unsaturated/α-hetero) is 1. The molecule has 0 bridgehead atoms. The zero-order chi connectivity index (χ0) is 27.4. The van der Waals surface area contributed by atoms with Crippen molar-refractivity contribution in [3.05, 3.63) is 64.5 Å². The minimum absolute atomic E-state index is 0.0433. The highest BCUT2D eigenvalue weighted by Crippen LogP contribution is 2.28. The lowest BCUT2D eigenvalue weighted by molar-refractivity contribution is -0.135. The summed E-state index contributed by atoms with van der Waals surface area (Å²) in [4.78, 5) is 40.7. The van der Waals surface area contributed by atoms with Crippen molar-refractivity contribution in [2.45, 2.75) is 50.1 Å². The molecule has 1 aliphatic rings. The topological polar surface area (TPSA) is 113 Å². The zero-order valence-electron chi connectivity index (χ0n) is 21.1. The SMILES string of the molecule is CC(C)C[C@H](NC(=O)c1cc2ccccc2s1)C(=O)N(C1CCCNCC1=O)S(=O)(=O)c1ccc(Cl)cc1. The number of benzene rings is 2. The van der Waals surface area contributed by atoms with Crippen LogP contribution < -0.4 is 10.6 Å². The van der Waals surface area contributed by atoms with E-state index in [9.17, 15) is 22.8 Å². The molecular weight excluding hydrogens is 546 g/mol. The predicted molar refractivity (Wildman–Crippen MR) is 149 cm³/mol. The third-order valence-corrected chi connectivity index (χ3v) is 9.52. The van der Waals surface area contributed by atoms with Crippen molar-refractivity contribution >= 4 is 60.6 Å². The Balaban J connectivity index is 1.72. The molecule has 0 radical (unpaired) electrons. The molecule has 0 aliphatic carbocycles. The number of halogens is 1. The molecule has 2 N–H and O–H groups in total. The lowest BCUT2D eigenvalue weighted by Gasteiger charge is -2.33. The normalized spacial score (nSPS) is 17.3. The van der Waals surface area contributed by atoms with Crippen LogP contribution in [0.2, 0.25) is 5.02 Å². The van der Waals surface area contributed by atoms with Gasteiger partial charge in [0.2, 0.25) is 0 Å². The first-order valence-electron chi connectivity index (χ1n) is 12.4. The Kier molecular flexibility index (Phi) is 8.87. The van der Waals surface area contributed by atoms with Gasteiger partial charge in [-0.25, -0.2) is 12.7 Å². The van der Waals surface area contributed by atoms with Gasteiger partial charge in [-0.15, -0.1) is 11.3 Å². The molecule has 3 aromatic rings. The minimum Gasteiger partial charge on any atom is -0.339 e. The fourth-order valence-electron chi connectivity index (χ4n) is 4.49. The monoisotopic (exact) mass is 575 g/mol. The summed E-state index contributed by atoms with van der Waals surface area (Å²) in [6.45, 7) is 4.24. The number of fused-ring (bicyclic) bond motifs is 1. The van der Waals surface area contributed by atoms with E-state index in [0.717, 1.165) is 10.1 Å². The molecule has 11 heteroatoms. The van der Waals surface area contributed by atoms with Gasteiger partial charge in [0.1, 0.15) is 12.1 Å². The van der Waals surface area contributed by atoms with E-state index >= 15 is 0 Å². The largest absolute Gasteiger partial charge is 0.339 e. The Hall–Kier alpha value is -2.79. The van der Waals surface area contributed by atoms with E-state index in [4.69, 9.17) is 11.6 Å². The third-order valence-electron chi connectivity index (χ3n) is 6.33. The molecule has 2 atom stereocenters. The van der Waals surface area contributed by atoms with Gasteiger partial charge >= 0.3 is 0 Å². The van der Waals surface area contributed by atoms with Crippen LogP contribution in [0.3, 0.4) is 0 Å². The van der Waals surface area contributed by atoms with E-state index in [1.165, 1.54) is 35.6 Å². The van der Waals surface area contributed by atoms with Crippen molar-refractivity contribution in [2.75, 3.05) is 13.1 Å². The fourth-order valence-corrected chi connectivity index (χ4v) is 7.21. The van der Waals surface area contributed by atoms with Crippen LogP contribution in [0.4, 0.5) is 0 Å². The van der Waals surface area contributed by atoms with Crippen LogP contribution in [0.1, 0.15) is 42.8 Å². The van der Waals surface area contributed by atoms with Crippen LogP contribution in [0.15, 0.2) is 59.5 Å². The maximum Gasteiger partial charge on any atom is 0.267 e. The molecule has 1 fully saturated rings. The minimum atomic E-state index is -4.44. The number of carbonyl (C=O) groups excluding carboxylic acids is 3. The molecule has 38 heavy (non-hydrogen) atoms. The Morgan fingerprint density at radius 1 is 1.16 bits per heavy atom. The molecule has 4 rings (SSSR count). The Morgan fingerprint density at radius 3 is 2.55 bits per heavy atom. The number of hydrogen-bond acceptors (Lipinski definition) is 7. The van der Waals surface area contributed by atoms with Gasteiger partial charge in [-0.3, -0.25) is 14.4 Å². The van der Waals surface area contributed by atoms with E-state index in [1.807, 2.05) is 38.1 Å². The van der Waals surface area contributed by atoms with E-state index in [-0.39, 0.29) is 30.2 Å². The van der Waals surface area contributed by atoms with E-state index in [2.05, 4.69) is 10.6 Å². The van der Waals surface area contributed by atoms with Gasteiger partial charge in [0, 0.05) is 9.72 Å². The summed E-state index contributed by atoms with van der Waals surface area (Å²) in [6.07, 6.45) is 0.892. The first-order chi connectivity index (χ1) is 18.1. The number of rotatable bonds is 8. The van der Waals surface area contributed by atoms with Gasteiger partial charge in [0.05, 0.1) is 16.3 Å². The van der Waals surface area contributed by atoms with Gasteiger partial charge in [-0.05, 0) is 73.5 Å². The number of ketones is 1. The molecule has 1 saturated heterocycles. The van der Waals surface area contributed by atoms with Crippen molar-refractivity contribution in [3.8, 4) is 0 Å². The predicted octanol–water partition coefficient (Wildman–Crippen LogP) is 4.24. The van der Waals surface area contributed by atoms with Crippen molar-refractivity contribution < 1.29 is 22.8 Å². The summed E-state index contributed by atoms with van der Waals surface area (Å²) in [5.74, 6) is -1.74. The van der Waals surface area contributed by atoms with Gasteiger partial charge in [0.15, 0.2) is 5.78 Å². The number of sulfonamides is 1. The molecule has 2 aromatic carbocycles. The summed E-state index contributed by atoms with van der Waals surface area (Å²) in [5, 5.41) is 6.99. The molecule has 0 saturated carbocycles. The molecule has 202 valence electrons. The summed E-state index contributed by atoms with van der Waals surface area (Å²) < 4.78 is 29.4. The number of nitrogens with one attached hydrogen (secondary N) is 2. The highest BCUT2D eigenvalue weighted by molar-refractivity contribution is 7.89. The number of hydrogen-bond donors (Lipinski definition) is 2. The molecule has 2 heterocycles. The fraction of sp³-hybridized carbons (Fsp3) is 0.370. The standard InChI is InChI=1S/C27H30ClN3O5S2/c1-17(2)14-21(30-26(33)25-15-18-6-3-4-8-24(18)37-25)27(34)31(22-7-5-13-29-16-23(22)32)38(35,36)20-11-9-19(28)10-12-20/h3-4,6,8-12,15,17,21-22,29H,5,7,13-14,16H2,1-2H3,(H,30,33)/t21-,22?/m0/s1. The molecule has 0 spiro atoms. The van der Waals surface area contributed by atoms with Crippen LogP contribution in [0.5, 0.6) is 0 Å². The molecule has 1 aliphatic heterocycles. The molecule has 2 amide bonds. The Bertz CT molecular complexity index is 1400. The highest BCUT2D eigenvalue weighted by Gasteiger charge is 2.43. The van der Waals surface area contributed by atoms with Gasteiger partial charge < -0.3 is 10.6 Å². The van der Waals surface area contributed by atoms with Crippen LogP contribution in [0, 0.1) is 5.92 Å². The number of amides is 2. The Morgan fingerprint density at radius 2 is 1.87 bits per heavy atom. The first-order valence-corrected chi connectivity index (χ1v) is 15.1. The van der Waals surface area contributed by atoms with E-state index < -0.39 is 39.7 Å². The first kappa shape index (κ1) is 28.2. The van der Waals surface area contributed by atoms with Crippen molar-refractivity contribution in [1.29, 1.82) is 0 Å². The second kappa shape index (κ2) is 11.9. The summed E-state index contributed by atoms with van der Waals surface area (Å²) >= 11 is 7.26. The quantitative estimate of drug-likeness (QED) is 0.415. The van der Waals surface area contributed by atoms with Gasteiger partial charge in [-0.2, -0.15) is 0 Å². The molecule has 1 unspecified atom stereocenters. The van der Waals surface area contributed by atoms with Gasteiger partial charge in [-0.1, -0.05) is 43.6 Å². The summed E-state index contributed by atoms with van der Waals surface area (Å²) in [5.41, 5.74) is 0. The van der Waals surface area contributed by atoms with Crippen LogP contribution in [-0.2, 0) is 19.6 Å². The lowest BCUT2D eigenvalue weighted by atomic mass is 10.0. The van der Waals surface area contributed by atoms with E-state index in [1.54, 1.807) is 6.07 Å². The van der Waals surface area contributed by atoms with E-state index in [0.29, 0.717) is 27.2 Å². The van der Waals surface area contributed by atoms with Crippen molar-refractivity contribution in [3.63, 3.8) is 0 Å². The number of thiophene rings is 1. The molecular formula is C27H30ClN3O5S2. The maximum atomic E-state index is 14.1. The second-order valence-corrected chi connectivity index (χ2v) is 13.0. The lowest BCUT2D eigenvalue weighted by Crippen LogP contribution is -2.56. The van der Waals surface area contributed by atoms with Crippen LogP contribution >= 0.6 is 22.9 Å². The molecule has 8 nitrogen and oxygen atoms in total. The third kappa shape index (κ3) is 6.26. The smallest absolute Gasteiger partial charge is 0.267 e. The van der Waals surface area contributed by atoms with Crippen molar-refractivity contribution in [1.82, 2.24) is 14.9 Å². The van der Waals surface area contributed by atoms with Crippen molar-refractivity contribution in [2.24, 2.45) is 5.92 Å². The number of nitrogens with zero attached hydrogens (tertiary/aromatic N) is 1. The summed E-state index contributed by atoms with van der Waals surface area (Å²) in [7, 11) is -4.44. The van der Waals surface area contributed by atoms with Crippen LogP contribution in [0.25, 0.3) is 10.1 Å².